The van der Waals surface area contributed by atoms with Crippen LogP contribution in [-0.2, 0) is 21.4 Å². The number of hydrogen-bond donors (Lipinski definition) is 2. The van der Waals surface area contributed by atoms with Crippen molar-refractivity contribution in [1.82, 2.24) is 0 Å². The Morgan fingerprint density at radius 3 is 2.29 bits per heavy atom. The summed E-state index contributed by atoms with van der Waals surface area (Å²) < 4.78 is 0. The second-order valence-corrected chi connectivity index (χ2v) is 5.88. The highest BCUT2D eigenvalue weighted by Crippen LogP contribution is 2.54. The van der Waals surface area contributed by atoms with Gasteiger partial charge in [0.25, 0.3) is 0 Å². The highest BCUT2D eigenvalue weighted by Gasteiger charge is 2.65. The van der Waals surface area contributed by atoms with Crippen molar-refractivity contribution in [3.8, 4) is 0 Å². The first kappa shape index (κ1) is 15.5. The Labute approximate surface area is 124 Å². The van der Waals surface area contributed by atoms with E-state index in [1.807, 2.05) is 12.1 Å². The number of unbranched alkanes of at least 4 members (excludes halogenated alkanes) is 3. The van der Waals surface area contributed by atoms with Gasteiger partial charge >= 0.3 is 11.9 Å². The van der Waals surface area contributed by atoms with E-state index in [9.17, 15) is 14.7 Å². The van der Waals surface area contributed by atoms with Crippen molar-refractivity contribution in [3.63, 3.8) is 0 Å². The van der Waals surface area contributed by atoms with Crippen LogP contribution in [-0.4, -0.2) is 22.2 Å². The van der Waals surface area contributed by atoms with Gasteiger partial charge in [-0.25, -0.2) is 0 Å². The molecule has 0 amide bonds. The molecule has 0 heterocycles. The Morgan fingerprint density at radius 2 is 1.81 bits per heavy atom. The van der Waals surface area contributed by atoms with Gasteiger partial charge < -0.3 is 10.2 Å². The van der Waals surface area contributed by atoms with Gasteiger partial charge in [0.15, 0.2) is 0 Å². The Hall–Kier alpha value is -1.84. The van der Waals surface area contributed by atoms with Crippen LogP contribution < -0.4 is 0 Å². The maximum Gasteiger partial charge on any atom is 0.315 e. The molecule has 0 aromatic heterocycles. The Morgan fingerprint density at radius 1 is 1.14 bits per heavy atom. The van der Waals surface area contributed by atoms with E-state index in [4.69, 9.17) is 5.11 Å². The van der Waals surface area contributed by atoms with Gasteiger partial charge in [0.1, 0.15) is 5.41 Å². The minimum Gasteiger partial charge on any atom is -0.481 e. The smallest absolute Gasteiger partial charge is 0.315 e. The van der Waals surface area contributed by atoms with Gasteiger partial charge in [-0.15, -0.1) is 0 Å². The quantitative estimate of drug-likeness (QED) is 0.721. The average molecular weight is 290 g/mol. The number of carboxylic acids is 2. The molecule has 2 N–H and O–H groups in total. The minimum atomic E-state index is -1.22. The summed E-state index contributed by atoms with van der Waals surface area (Å²) in [5.41, 5.74) is 0.578. The van der Waals surface area contributed by atoms with E-state index < -0.39 is 23.3 Å². The van der Waals surface area contributed by atoms with E-state index in [0.717, 1.165) is 12.8 Å². The maximum absolute atomic E-state index is 11.5. The van der Waals surface area contributed by atoms with Gasteiger partial charge in [-0.1, -0.05) is 50.5 Å². The number of carbonyl (C=O) groups is 2. The fourth-order valence-electron chi connectivity index (χ4n) is 2.96. The van der Waals surface area contributed by atoms with Gasteiger partial charge in [-0.3, -0.25) is 9.59 Å². The predicted octanol–water partition coefficient (Wildman–Crippen LogP) is 3.24. The third-order valence-electron chi connectivity index (χ3n) is 4.43. The second kappa shape index (κ2) is 6.29. The summed E-state index contributed by atoms with van der Waals surface area (Å²) in [6, 6.07) is 7.44. The van der Waals surface area contributed by atoms with Gasteiger partial charge in [-0.2, -0.15) is 0 Å². The van der Waals surface area contributed by atoms with Crippen molar-refractivity contribution >= 4 is 11.9 Å². The first-order chi connectivity index (χ1) is 10.0. The molecule has 1 aliphatic carbocycles. The van der Waals surface area contributed by atoms with Gasteiger partial charge in [0.2, 0.25) is 0 Å². The SMILES string of the molecule is CCCCCCc1ccc([C@@]2(C(=O)O)C[C@@H]2C(=O)O)cc1. The molecular weight excluding hydrogens is 268 g/mol. The van der Waals surface area contributed by atoms with Crippen molar-refractivity contribution in [2.75, 3.05) is 0 Å². The normalized spacial score (nSPS) is 23.8. The Bertz CT molecular complexity index is 520. The van der Waals surface area contributed by atoms with Crippen LogP contribution in [0.3, 0.4) is 0 Å². The van der Waals surface area contributed by atoms with E-state index in [1.165, 1.54) is 24.8 Å². The molecule has 0 unspecified atom stereocenters. The summed E-state index contributed by atoms with van der Waals surface area (Å²) >= 11 is 0. The molecule has 1 aliphatic rings. The topological polar surface area (TPSA) is 74.6 Å². The lowest BCUT2D eigenvalue weighted by atomic mass is 9.92. The first-order valence-electron chi connectivity index (χ1n) is 7.58. The molecule has 21 heavy (non-hydrogen) atoms. The number of aliphatic carboxylic acids is 2. The minimum absolute atomic E-state index is 0.188. The van der Waals surface area contributed by atoms with Crippen LogP contribution in [0.15, 0.2) is 24.3 Å². The van der Waals surface area contributed by atoms with Crippen LogP contribution in [0.25, 0.3) is 0 Å². The number of rotatable bonds is 8. The molecule has 4 heteroatoms. The lowest BCUT2D eigenvalue weighted by Crippen LogP contribution is -2.25. The summed E-state index contributed by atoms with van der Waals surface area (Å²) in [5.74, 6) is -2.86. The predicted molar refractivity (Wildman–Crippen MR) is 79.3 cm³/mol. The van der Waals surface area contributed by atoms with Crippen LogP contribution in [0.1, 0.15) is 50.2 Å². The summed E-state index contributed by atoms with van der Waals surface area (Å²) in [7, 11) is 0. The fourth-order valence-corrected chi connectivity index (χ4v) is 2.96. The molecular formula is C17H22O4. The summed E-state index contributed by atoms with van der Waals surface area (Å²) in [4.78, 5) is 22.5. The van der Waals surface area contributed by atoms with Crippen molar-refractivity contribution in [3.05, 3.63) is 35.4 Å². The second-order valence-electron chi connectivity index (χ2n) is 5.88. The van der Waals surface area contributed by atoms with Crippen LogP contribution in [0.4, 0.5) is 0 Å². The highest BCUT2D eigenvalue weighted by molar-refractivity contribution is 5.94. The Kier molecular flexibility index (Phi) is 4.66. The number of hydrogen-bond acceptors (Lipinski definition) is 2. The lowest BCUT2D eigenvalue weighted by molar-refractivity contribution is -0.145. The molecule has 1 fully saturated rings. The van der Waals surface area contributed by atoms with E-state index in [-0.39, 0.29) is 6.42 Å². The molecule has 0 aliphatic heterocycles. The molecule has 4 nitrogen and oxygen atoms in total. The summed E-state index contributed by atoms with van der Waals surface area (Å²) in [6.45, 7) is 2.18. The number of aryl methyl sites for hydroxylation is 1. The standard InChI is InChI=1S/C17H22O4/c1-2-3-4-5-6-12-7-9-13(10-8-12)17(16(20)21)11-14(17)15(18)19/h7-10,14H,2-6,11H2,1H3,(H,18,19)(H,20,21)/t14-,17+/m1/s1. The van der Waals surface area contributed by atoms with Crippen LogP contribution in [0.2, 0.25) is 0 Å². The third-order valence-corrected chi connectivity index (χ3v) is 4.43. The van der Waals surface area contributed by atoms with E-state index in [2.05, 4.69) is 6.92 Å². The molecule has 0 bridgehead atoms. The van der Waals surface area contributed by atoms with Crippen molar-refractivity contribution in [1.29, 1.82) is 0 Å². The van der Waals surface area contributed by atoms with Gasteiger partial charge in [0, 0.05) is 0 Å². The van der Waals surface area contributed by atoms with E-state index >= 15 is 0 Å². The molecule has 114 valence electrons. The maximum atomic E-state index is 11.5. The fraction of sp³-hybridized carbons (Fsp3) is 0.529. The largest absolute Gasteiger partial charge is 0.481 e. The molecule has 2 atom stereocenters. The molecule has 0 saturated heterocycles. The number of benzene rings is 1. The van der Waals surface area contributed by atoms with Gasteiger partial charge in [0.05, 0.1) is 5.92 Å². The average Bonchev–Trinajstić information content (AvgIpc) is 3.21. The highest BCUT2D eigenvalue weighted by atomic mass is 16.4. The Balaban J connectivity index is 2.04. The molecule has 0 spiro atoms. The van der Waals surface area contributed by atoms with Crippen molar-refractivity contribution < 1.29 is 19.8 Å². The zero-order valence-corrected chi connectivity index (χ0v) is 12.3. The number of carboxylic acid groups (broad SMARTS) is 2. The summed E-state index contributed by atoms with van der Waals surface area (Å²) in [5, 5.41) is 18.4. The van der Waals surface area contributed by atoms with Crippen LogP contribution in [0.5, 0.6) is 0 Å². The first-order valence-corrected chi connectivity index (χ1v) is 7.58. The molecule has 1 aromatic carbocycles. The van der Waals surface area contributed by atoms with Crippen molar-refractivity contribution in [2.24, 2.45) is 5.92 Å². The lowest BCUT2D eigenvalue weighted by Gasteiger charge is -2.12. The molecule has 1 aromatic rings. The zero-order valence-electron chi connectivity index (χ0n) is 12.3. The van der Waals surface area contributed by atoms with Crippen molar-refractivity contribution in [2.45, 2.75) is 50.9 Å². The van der Waals surface area contributed by atoms with E-state index in [1.54, 1.807) is 12.1 Å². The van der Waals surface area contributed by atoms with Crippen LogP contribution >= 0.6 is 0 Å². The molecule has 0 radical (unpaired) electrons. The van der Waals surface area contributed by atoms with E-state index in [0.29, 0.717) is 5.56 Å². The van der Waals surface area contributed by atoms with Crippen LogP contribution in [0, 0.1) is 5.92 Å². The summed E-state index contributed by atoms with van der Waals surface area (Å²) in [6.07, 6.45) is 5.96. The zero-order chi connectivity index (χ0) is 15.5. The monoisotopic (exact) mass is 290 g/mol. The third kappa shape index (κ3) is 3.09. The molecule has 2 rings (SSSR count). The van der Waals surface area contributed by atoms with Gasteiger partial charge in [-0.05, 0) is 30.4 Å². The molecule has 1 saturated carbocycles.